The Morgan fingerprint density at radius 2 is 1.95 bits per heavy atom. The highest BCUT2D eigenvalue weighted by atomic mass is 32.2. The average Bonchev–Trinajstić information content (AvgIpc) is 2.46. The lowest BCUT2D eigenvalue weighted by Gasteiger charge is -2.11. The standard InChI is InChI=1S/C14H12F2N2O2S/c15-14(16)21-13-7-2-1-6-12(13)17-9-10-4-3-5-11(8-10)18(19)20/h1-8,14,17H,9H2. The number of nitro benzene ring substituents is 1. The number of benzene rings is 2. The smallest absolute Gasteiger partial charge is 0.288 e. The third kappa shape index (κ3) is 4.42. The fraction of sp³-hybridized carbons (Fsp3) is 0.143. The topological polar surface area (TPSA) is 55.2 Å². The van der Waals surface area contributed by atoms with Gasteiger partial charge in [-0.1, -0.05) is 36.0 Å². The van der Waals surface area contributed by atoms with Crippen molar-refractivity contribution >= 4 is 23.1 Å². The van der Waals surface area contributed by atoms with Crippen molar-refractivity contribution in [1.82, 2.24) is 0 Å². The Labute approximate surface area is 124 Å². The number of non-ortho nitro benzene ring substituents is 1. The summed E-state index contributed by atoms with van der Waals surface area (Å²) < 4.78 is 24.9. The van der Waals surface area contributed by atoms with Crippen LogP contribution in [0.15, 0.2) is 53.4 Å². The number of hydrogen-bond donors (Lipinski definition) is 1. The zero-order valence-electron chi connectivity index (χ0n) is 10.8. The maximum absolute atomic E-state index is 12.5. The molecule has 2 aromatic rings. The van der Waals surface area contributed by atoms with E-state index in [-0.39, 0.29) is 5.69 Å². The number of anilines is 1. The molecular weight excluding hydrogens is 298 g/mol. The van der Waals surface area contributed by atoms with E-state index in [0.29, 0.717) is 34.5 Å². The van der Waals surface area contributed by atoms with Crippen molar-refractivity contribution in [2.24, 2.45) is 0 Å². The molecule has 0 spiro atoms. The molecule has 110 valence electrons. The molecule has 0 saturated carbocycles. The second kappa shape index (κ2) is 7.03. The molecule has 21 heavy (non-hydrogen) atoms. The first kappa shape index (κ1) is 15.2. The number of alkyl halides is 2. The van der Waals surface area contributed by atoms with Crippen LogP contribution in [0.3, 0.4) is 0 Å². The van der Waals surface area contributed by atoms with Crippen molar-refractivity contribution in [3.8, 4) is 0 Å². The summed E-state index contributed by atoms with van der Waals surface area (Å²) in [7, 11) is 0. The molecule has 0 aliphatic rings. The lowest BCUT2D eigenvalue weighted by atomic mass is 10.2. The molecule has 0 unspecified atom stereocenters. The van der Waals surface area contributed by atoms with Gasteiger partial charge in [-0.05, 0) is 17.7 Å². The van der Waals surface area contributed by atoms with Crippen LogP contribution in [0.25, 0.3) is 0 Å². The minimum Gasteiger partial charge on any atom is -0.380 e. The lowest BCUT2D eigenvalue weighted by molar-refractivity contribution is -0.384. The number of nitro groups is 1. The molecule has 0 radical (unpaired) electrons. The number of rotatable bonds is 6. The Morgan fingerprint density at radius 1 is 1.19 bits per heavy atom. The largest absolute Gasteiger partial charge is 0.380 e. The fourth-order valence-corrected chi connectivity index (χ4v) is 2.40. The molecule has 7 heteroatoms. The van der Waals surface area contributed by atoms with E-state index in [1.165, 1.54) is 12.1 Å². The third-order valence-corrected chi connectivity index (χ3v) is 3.50. The van der Waals surface area contributed by atoms with Crippen molar-refractivity contribution < 1.29 is 13.7 Å². The molecule has 0 saturated heterocycles. The van der Waals surface area contributed by atoms with Gasteiger partial charge in [-0.15, -0.1) is 0 Å². The lowest BCUT2D eigenvalue weighted by Crippen LogP contribution is -2.01. The van der Waals surface area contributed by atoms with Crippen LogP contribution in [0.1, 0.15) is 5.56 Å². The number of thioether (sulfide) groups is 1. The number of nitrogens with zero attached hydrogens (tertiary/aromatic N) is 1. The van der Waals surface area contributed by atoms with Crippen LogP contribution < -0.4 is 5.32 Å². The Balaban J connectivity index is 2.09. The molecule has 1 N–H and O–H groups in total. The van der Waals surface area contributed by atoms with Crippen molar-refractivity contribution in [1.29, 1.82) is 0 Å². The second-order valence-corrected chi connectivity index (χ2v) is 5.19. The van der Waals surface area contributed by atoms with Crippen LogP contribution in [0.2, 0.25) is 0 Å². The van der Waals surface area contributed by atoms with E-state index in [4.69, 9.17) is 0 Å². The monoisotopic (exact) mass is 310 g/mol. The number of halogens is 2. The van der Waals surface area contributed by atoms with Crippen LogP contribution in [0, 0.1) is 10.1 Å². The van der Waals surface area contributed by atoms with Gasteiger partial charge < -0.3 is 5.32 Å². The van der Waals surface area contributed by atoms with E-state index in [0.717, 1.165) is 0 Å². The molecule has 0 aliphatic carbocycles. The predicted octanol–water partition coefficient (Wildman–Crippen LogP) is 4.52. The van der Waals surface area contributed by atoms with Crippen LogP contribution >= 0.6 is 11.8 Å². The quantitative estimate of drug-likeness (QED) is 0.484. The maximum atomic E-state index is 12.5. The van der Waals surface area contributed by atoms with Gasteiger partial charge >= 0.3 is 0 Å². The molecule has 0 amide bonds. The number of hydrogen-bond acceptors (Lipinski definition) is 4. The summed E-state index contributed by atoms with van der Waals surface area (Å²) in [6, 6.07) is 12.9. The average molecular weight is 310 g/mol. The molecule has 0 bridgehead atoms. The number of para-hydroxylation sites is 1. The predicted molar refractivity (Wildman–Crippen MR) is 78.7 cm³/mol. The van der Waals surface area contributed by atoms with E-state index in [2.05, 4.69) is 5.32 Å². The van der Waals surface area contributed by atoms with E-state index in [1.807, 2.05) is 0 Å². The number of nitrogens with one attached hydrogen (secondary N) is 1. The molecule has 0 aromatic heterocycles. The Morgan fingerprint density at radius 3 is 2.67 bits per heavy atom. The van der Waals surface area contributed by atoms with Crippen molar-refractivity contribution in [2.75, 3.05) is 5.32 Å². The van der Waals surface area contributed by atoms with Gasteiger partial charge in [0.15, 0.2) is 0 Å². The van der Waals surface area contributed by atoms with E-state index in [1.54, 1.807) is 36.4 Å². The van der Waals surface area contributed by atoms with Gasteiger partial charge in [0.1, 0.15) is 0 Å². The SMILES string of the molecule is O=[N+]([O-])c1cccc(CNc2ccccc2SC(F)F)c1. The summed E-state index contributed by atoms with van der Waals surface area (Å²) in [6.07, 6.45) is 0. The van der Waals surface area contributed by atoms with Crippen molar-refractivity contribution in [3.05, 3.63) is 64.2 Å². The Hall–Kier alpha value is -2.15. The Kier molecular flexibility index (Phi) is 5.10. The van der Waals surface area contributed by atoms with Gasteiger partial charge in [0.25, 0.3) is 11.4 Å². The first-order valence-electron chi connectivity index (χ1n) is 6.07. The molecular formula is C14H12F2N2O2S. The Bertz CT molecular complexity index is 638. The highest BCUT2D eigenvalue weighted by Crippen LogP contribution is 2.31. The summed E-state index contributed by atoms with van der Waals surface area (Å²) in [6.45, 7) is 0.322. The van der Waals surface area contributed by atoms with Gasteiger partial charge in [-0.25, -0.2) is 0 Å². The van der Waals surface area contributed by atoms with Crippen LogP contribution in [0.5, 0.6) is 0 Å². The zero-order valence-corrected chi connectivity index (χ0v) is 11.6. The highest BCUT2D eigenvalue weighted by Gasteiger charge is 2.10. The molecule has 2 aromatic carbocycles. The molecule has 0 fully saturated rings. The zero-order chi connectivity index (χ0) is 15.2. The fourth-order valence-electron chi connectivity index (χ4n) is 1.79. The van der Waals surface area contributed by atoms with Crippen molar-refractivity contribution in [3.63, 3.8) is 0 Å². The third-order valence-electron chi connectivity index (χ3n) is 2.71. The van der Waals surface area contributed by atoms with Gasteiger partial charge in [0, 0.05) is 29.3 Å². The summed E-state index contributed by atoms with van der Waals surface area (Å²) in [5.41, 5.74) is 1.29. The maximum Gasteiger partial charge on any atom is 0.288 e. The minimum absolute atomic E-state index is 0.00420. The first-order valence-corrected chi connectivity index (χ1v) is 6.95. The van der Waals surface area contributed by atoms with E-state index >= 15 is 0 Å². The van der Waals surface area contributed by atoms with E-state index < -0.39 is 10.7 Å². The highest BCUT2D eigenvalue weighted by molar-refractivity contribution is 7.99. The van der Waals surface area contributed by atoms with Gasteiger partial charge in [0.05, 0.1) is 4.92 Å². The van der Waals surface area contributed by atoms with E-state index in [9.17, 15) is 18.9 Å². The summed E-state index contributed by atoms with van der Waals surface area (Å²) in [5, 5.41) is 13.7. The van der Waals surface area contributed by atoms with Gasteiger partial charge in [0.2, 0.25) is 0 Å². The normalized spacial score (nSPS) is 10.6. The summed E-state index contributed by atoms with van der Waals surface area (Å²) in [5.74, 6) is -2.49. The molecule has 2 rings (SSSR count). The van der Waals surface area contributed by atoms with Crippen LogP contribution in [-0.2, 0) is 6.54 Å². The second-order valence-electron chi connectivity index (χ2n) is 4.16. The van der Waals surface area contributed by atoms with Crippen LogP contribution in [0.4, 0.5) is 20.2 Å². The van der Waals surface area contributed by atoms with Gasteiger partial charge in [-0.2, -0.15) is 8.78 Å². The molecule has 0 atom stereocenters. The summed E-state index contributed by atoms with van der Waals surface area (Å²) >= 11 is 0.464. The summed E-state index contributed by atoms with van der Waals surface area (Å²) in [4.78, 5) is 10.7. The minimum atomic E-state index is -2.49. The van der Waals surface area contributed by atoms with Crippen LogP contribution in [-0.4, -0.2) is 10.7 Å². The first-order chi connectivity index (χ1) is 10.1. The molecule has 4 nitrogen and oxygen atoms in total. The molecule has 0 heterocycles. The molecule has 0 aliphatic heterocycles. The van der Waals surface area contributed by atoms with Gasteiger partial charge in [-0.3, -0.25) is 10.1 Å². The van der Waals surface area contributed by atoms with Crippen molar-refractivity contribution in [2.45, 2.75) is 17.2 Å².